The van der Waals surface area contributed by atoms with Crippen molar-refractivity contribution in [3.63, 3.8) is 0 Å². The molecule has 1 aliphatic rings. The molecule has 1 aliphatic heterocycles. The van der Waals surface area contributed by atoms with Gasteiger partial charge < -0.3 is 0 Å². The number of rotatable bonds is 4. The van der Waals surface area contributed by atoms with Crippen molar-refractivity contribution >= 4 is 17.5 Å². The van der Waals surface area contributed by atoms with Gasteiger partial charge >= 0.3 is 0 Å². The third-order valence-corrected chi connectivity index (χ3v) is 3.79. The van der Waals surface area contributed by atoms with E-state index in [-0.39, 0.29) is 0 Å². The number of carbonyl (C=O) groups excluding carboxylic acids is 1. The Labute approximate surface area is 124 Å². The summed E-state index contributed by atoms with van der Waals surface area (Å²) in [7, 11) is 0. The lowest BCUT2D eigenvalue weighted by atomic mass is 9.96. The number of likely N-dealkylation sites (tertiary alicyclic amines) is 1. The highest BCUT2D eigenvalue weighted by molar-refractivity contribution is 6.30. The molecule has 1 amide bonds. The fourth-order valence-corrected chi connectivity index (χ4v) is 2.67. The summed E-state index contributed by atoms with van der Waals surface area (Å²) in [5.74, 6) is -0.0609. The maximum atomic E-state index is 10.9. The van der Waals surface area contributed by atoms with Crippen molar-refractivity contribution in [2.45, 2.75) is 19.4 Å². The van der Waals surface area contributed by atoms with Gasteiger partial charge in [0.25, 0.3) is 5.91 Å². The Bertz CT molecular complexity index is 483. The van der Waals surface area contributed by atoms with E-state index in [1.807, 2.05) is 24.3 Å². The van der Waals surface area contributed by atoms with Crippen molar-refractivity contribution in [1.29, 1.82) is 0 Å². The first-order valence-corrected chi connectivity index (χ1v) is 7.14. The molecule has 1 aromatic carbocycles. The van der Waals surface area contributed by atoms with Crippen molar-refractivity contribution in [2.24, 2.45) is 5.92 Å². The summed E-state index contributed by atoms with van der Waals surface area (Å²) < 4.78 is 0. The molecule has 0 unspecified atom stereocenters. The predicted octanol–water partition coefficient (Wildman–Crippen LogP) is 2.61. The summed E-state index contributed by atoms with van der Waals surface area (Å²) >= 11 is 5.98. The molecule has 0 bridgehead atoms. The van der Waals surface area contributed by atoms with Gasteiger partial charge in [0, 0.05) is 17.6 Å². The van der Waals surface area contributed by atoms with Crippen molar-refractivity contribution in [3.05, 3.63) is 47.0 Å². The molecule has 20 heavy (non-hydrogen) atoms. The summed E-state index contributed by atoms with van der Waals surface area (Å²) in [6.45, 7) is 2.92. The maximum Gasteiger partial charge on any atom is 0.267 e. The molecule has 0 aliphatic carbocycles. The molecule has 0 saturated carbocycles. The second kappa shape index (κ2) is 7.43. The zero-order valence-electron chi connectivity index (χ0n) is 11.3. The number of halogens is 1. The van der Waals surface area contributed by atoms with E-state index in [2.05, 4.69) is 11.0 Å². The lowest BCUT2D eigenvalue weighted by molar-refractivity contribution is -0.124. The number of piperidine rings is 1. The van der Waals surface area contributed by atoms with Crippen LogP contribution >= 0.6 is 11.6 Å². The maximum absolute atomic E-state index is 10.9. The van der Waals surface area contributed by atoms with Crippen LogP contribution < -0.4 is 5.48 Å². The Morgan fingerprint density at radius 1 is 1.45 bits per heavy atom. The topological polar surface area (TPSA) is 52.6 Å². The summed E-state index contributed by atoms with van der Waals surface area (Å²) in [6.07, 6.45) is 5.32. The average molecular weight is 295 g/mol. The van der Waals surface area contributed by atoms with E-state index in [0.29, 0.717) is 5.92 Å². The van der Waals surface area contributed by atoms with E-state index in [4.69, 9.17) is 16.8 Å². The fourth-order valence-electron chi connectivity index (χ4n) is 2.46. The lowest BCUT2D eigenvalue weighted by Gasteiger charge is -2.30. The van der Waals surface area contributed by atoms with Gasteiger partial charge in [0.2, 0.25) is 0 Å². The molecule has 1 fully saturated rings. The van der Waals surface area contributed by atoms with Gasteiger partial charge in [0.1, 0.15) is 0 Å². The normalized spacial score (nSPS) is 17.5. The molecule has 0 spiro atoms. The summed E-state index contributed by atoms with van der Waals surface area (Å²) in [4.78, 5) is 13.3. The second-order valence-electron chi connectivity index (χ2n) is 5.08. The number of benzene rings is 1. The van der Waals surface area contributed by atoms with Crippen LogP contribution in [0.1, 0.15) is 18.4 Å². The molecule has 2 N–H and O–H groups in total. The first-order chi connectivity index (χ1) is 9.67. The Hall–Kier alpha value is -1.36. The van der Waals surface area contributed by atoms with Crippen LogP contribution in [0.2, 0.25) is 5.02 Å². The van der Waals surface area contributed by atoms with Crippen LogP contribution in [0.3, 0.4) is 0 Å². The number of carbonyl (C=O) groups is 1. The lowest BCUT2D eigenvalue weighted by Crippen LogP contribution is -2.32. The molecule has 0 aromatic heterocycles. The third-order valence-electron chi connectivity index (χ3n) is 3.56. The van der Waals surface area contributed by atoms with Crippen molar-refractivity contribution < 1.29 is 10.0 Å². The SMILES string of the molecule is O=C(/C=C/C1CCN(Cc2cccc(Cl)c2)CC1)NO. The summed E-state index contributed by atoms with van der Waals surface area (Å²) in [5.41, 5.74) is 2.83. The minimum atomic E-state index is -0.466. The second-order valence-corrected chi connectivity index (χ2v) is 5.52. The average Bonchev–Trinajstić information content (AvgIpc) is 2.46. The fraction of sp³-hybridized carbons (Fsp3) is 0.400. The van der Waals surface area contributed by atoms with E-state index >= 15 is 0 Å². The van der Waals surface area contributed by atoms with Crippen molar-refractivity contribution in [1.82, 2.24) is 10.4 Å². The number of nitrogens with zero attached hydrogens (tertiary/aromatic N) is 1. The van der Waals surface area contributed by atoms with Crippen LogP contribution in [-0.2, 0) is 11.3 Å². The quantitative estimate of drug-likeness (QED) is 0.510. The van der Waals surface area contributed by atoms with Gasteiger partial charge in [-0.25, -0.2) is 5.48 Å². The molecule has 108 valence electrons. The van der Waals surface area contributed by atoms with Crippen LogP contribution in [-0.4, -0.2) is 29.1 Å². The van der Waals surface area contributed by atoms with Gasteiger partial charge in [0.15, 0.2) is 0 Å². The van der Waals surface area contributed by atoms with Gasteiger partial charge in [-0.1, -0.05) is 29.8 Å². The zero-order chi connectivity index (χ0) is 14.4. The van der Waals surface area contributed by atoms with Crippen LogP contribution in [0, 0.1) is 5.92 Å². The molecule has 2 rings (SSSR count). The van der Waals surface area contributed by atoms with Gasteiger partial charge in [0.05, 0.1) is 0 Å². The van der Waals surface area contributed by atoms with Crippen LogP contribution in [0.4, 0.5) is 0 Å². The molecule has 4 nitrogen and oxygen atoms in total. The first kappa shape index (κ1) is 15.0. The number of hydroxylamine groups is 1. The summed E-state index contributed by atoms with van der Waals surface area (Å²) in [6, 6.07) is 7.94. The Morgan fingerprint density at radius 3 is 2.85 bits per heavy atom. The number of allylic oxidation sites excluding steroid dienone is 1. The number of hydrogen-bond acceptors (Lipinski definition) is 3. The van der Waals surface area contributed by atoms with Gasteiger partial charge in [-0.2, -0.15) is 0 Å². The smallest absolute Gasteiger partial charge is 0.267 e. The largest absolute Gasteiger partial charge is 0.299 e. The Balaban J connectivity index is 1.79. The van der Waals surface area contributed by atoms with Crippen molar-refractivity contribution in [3.8, 4) is 0 Å². The van der Waals surface area contributed by atoms with Crippen LogP contribution in [0.25, 0.3) is 0 Å². The van der Waals surface area contributed by atoms with E-state index in [9.17, 15) is 4.79 Å². The summed E-state index contributed by atoms with van der Waals surface area (Å²) in [5, 5.41) is 9.20. The van der Waals surface area contributed by atoms with Crippen LogP contribution in [0.5, 0.6) is 0 Å². The highest BCUT2D eigenvalue weighted by Gasteiger charge is 2.17. The van der Waals surface area contributed by atoms with E-state index < -0.39 is 5.91 Å². The highest BCUT2D eigenvalue weighted by Crippen LogP contribution is 2.21. The molecule has 1 saturated heterocycles. The monoisotopic (exact) mass is 294 g/mol. The Kier molecular flexibility index (Phi) is 5.59. The number of nitrogens with one attached hydrogen (secondary N) is 1. The molecule has 5 heteroatoms. The van der Waals surface area contributed by atoms with Gasteiger partial charge in [-0.15, -0.1) is 0 Å². The van der Waals surface area contributed by atoms with E-state index in [1.165, 1.54) is 11.6 Å². The molecular formula is C15H19ClN2O2. The minimum absolute atomic E-state index is 0.405. The minimum Gasteiger partial charge on any atom is -0.299 e. The molecule has 1 heterocycles. The third kappa shape index (κ3) is 4.63. The first-order valence-electron chi connectivity index (χ1n) is 6.76. The van der Waals surface area contributed by atoms with Gasteiger partial charge in [-0.05, 0) is 49.5 Å². The highest BCUT2D eigenvalue weighted by atomic mass is 35.5. The number of hydrogen-bond donors (Lipinski definition) is 2. The van der Waals surface area contributed by atoms with Gasteiger partial charge in [-0.3, -0.25) is 14.9 Å². The Morgan fingerprint density at radius 2 is 2.20 bits per heavy atom. The predicted molar refractivity (Wildman–Crippen MR) is 78.5 cm³/mol. The van der Waals surface area contributed by atoms with Crippen molar-refractivity contribution in [2.75, 3.05) is 13.1 Å². The molecule has 0 atom stereocenters. The van der Waals surface area contributed by atoms with E-state index in [0.717, 1.165) is 37.5 Å². The standard InChI is InChI=1S/C15H19ClN2O2/c16-14-3-1-2-13(10-14)11-18-8-6-12(7-9-18)4-5-15(19)17-20/h1-5,10,12,20H,6-9,11H2,(H,17,19)/b5-4+. The van der Waals surface area contributed by atoms with Crippen LogP contribution in [0.15, 0.2) is 36.4 Å². The number of amides is 1. The van der Waals surface area contributed by atoms with E-state index in [1.54, 1.807) is 5.48 Å². The molecular weight excluding hydrogens is 276 g/mol. The zero-order valence-corrected chi connectivity index (χ0v) is 12.0. The molecule has 0 radical (unpaired) electrons. The molecule has 1 aromatic rings.